The Hall–Kier alpha value is -1.32. The van der Waals surface area contributed by atoms with Crippen LogP contribution in [-0.4, -0.2) is 9.55 Å². The lowest BCUT2D eigenvalue weighted by Crippen LogP contribution is -2.03. The summed E-state index contributed by atoms with van der Waals surface area (Å²) in [5.74, 6) is 0.927. The van der Waals surface area contributed by atoms with Gasteiger partial charge in [-0.05, 0) is 30.5 Å². The van der Waals surface area contributed by atoms with Crippen molar-refractivity contribution in [2.75, 3.05) is 0 Å². The zero-order chi connectivity index (χ0) is 12.3. The Morgan fingerprint density at radius 2 is 1.94 bits per heavy atom. The molecule has 0 atom stereocenters. The molecule has 0 aliphatic carbocycles. The highest BCUT2D eigenvalue weighted by molar-refractivity contribution is 6.30. The van der Waals surface area contributed by atoms with Gasteiger partial charge in [0.2, 0.25) is 0 Å². The van der Waals surface area contributed by atoms with E-state index in [0.717, 1.165) is 29.4 Å². The van der Waals surface area contributed by atoms with Crippen molar-refractivity contribution in [1.82, 2.24) is 9.55 Å². The van der Waals surface area contributed by atoms with Crippen LogP contribution in [0.25, 0.3) is 0 Å². The van der Waals surface area contributed by atoms with Crippen LogP contribution in [0, 0.1) is 0 Å². The first kappa shape index (κ1) is 12.1. The minimum Gasteiger partial charge on any atom is -0.337 e. The van der Waals surface area contributed by atoms with E-state index in [4.69, 9.17) is 17.3 Å². The molecule has 0 aliphatic rings. The lowest BCUT2D eigenvalue weighted by Gasteiger charge is -1.99. The standard InChI is InChI=1S/C13H16ClN3/c1-17-9-12(16-13(17)8-15)7-4-10-2-5-11(14)6-3-10/h2-3,5-6,9H,4,7-8,15H2,1H3. The Morgan fingerprint density at radius 3 is 2.53 bits per heavy atom. The molecule has 90 valence electrons. The van der Waals surface area contributed by atoms with E-state index >= 15 is 0 Å². The molecule has 2 rings (SSSR count). The zero-order valence-corrected chi connectivity index (χ0v) is 10.6. The third kappa shape index (κ3) is 3.08. The normalized spacial score (nSPS) is 10.8. The van der Waals surface area contributed by atoms with Crippen molar-refractivity contribution in [1.29, 1.82) is 0 Å². The minimum atomic E-state index is 0.484. The molecule has 17 heavy (non-hydrogen) atoms. The molecule has 0 saturated carbocycles. The van der Waals surface area contributed by atoms with Crippen LogP contribution in [0.2, 0.25) is 5.02 Å². The summed E-state index contributed by atoms with van der Waals surface area (Å²) in [5.41, 5.74) is 7.95. The predicted octanol–water partition coefficient (Wildman–Crippen LogP) is 2.32. The first-order chi connectivity index (χ1) is 8.19. The van der Waals surface area contributed by atoms with Gasteiger partial charge in [-0.3, -0.25) is 0 Å². The van der Waals surface area contributed by atoms with Crippen molar-refractivity contribution in [3.8, 4) is 0 Å². The number of aryl methyl sites for hydroxylation is 3. The van der Waals surface area contributed by atoms with Gasteiger partial charge in [0.15, 0.2) is 0 Å². The summed E-state index contributed by atoms with van der Waals surface area (Å²) in [6, 6.07) is 7.94. The lowest BCUT2D eigenvalue weighted by molar-refractivity contribution is 0.793. The number of rotatable bonds is 4. The Kier molecular flexibility index (Phi) is 3.82. The van der Waals surface area contributed by atoms with Crippen molar-refractivity contribution in [2.45, 2.75) is 19.4 Å². The van der Waals surface area contributed by atoms with Gasteiger partial charge in [0.1, 0.15) is 5.82 Å². The highest BCUT2D eigenvalue weighted by Gasteiger charge is 2.03. The molecule has 0 unspecified atom stereocenters. The summed E-state index contributed by atoms with van der Waals surface area (Å²) in [7, 11) is 1.97. The molecular weight excluding hydrogens is 234 g/mol. The third-order valence-electron chi connectivity index (χ3n) is 2.79. The Morgan fingerprint density at radius 1 is 1.24 bits per heavy atom. The molecule has 1 aromatic carbocycles. The van der Waals surface area contributed by atoms with Gasteiger partial charge in [-0.25, -0.2) is 4.98 Å². The Labute approximate surface area is 106 Å². The van der Waals surface area contributed by atoms with E-state index in [0.29, 0.717) is 6.54 Å². The zero-order valence-electron chi connectivity index (χ0n) is 9.86. The molecule has 0 fully saturated rings. The van der Waals surface area contributed by atoms with Gasteiger partial charge >= 0.3 is 0 Å². The van der Waals surface area contributed by atoms with Gasteiger partial charge in [0.25, 0.3) is 0 Å². The number of halogens is 1. The molecule has 0 aliphatic heterocycles. The van der Waals surface area contributed by atoms with E-state index in [1.165, 1.54) is 5.56 Å². The smallest absolute Gasteiger partial charge is 0.122 e. The van der Waals surface area contributed by atoms with Crippen LogP contribution in [0.5, 0.6) is 0 Å². The van der Waals surface area contributed by atoms with E-state index in [9.17, 15) is 0 Å². The fourth-order valence-corrected chi connectivity index (χ4v) is 1.93. The topological polar surface area (TPSA) is 43.8 Å². The van der Waals surface area contributed by atoms with Crippen molar-refractivity contribution in [3.05, 3.63) is 52.6 Å². The van der Waals surface area contributed by atoms with Crippen molar-refractivity contribution < 1.29 is 0 Å². The average molecular weight is 250 g/mol. The number of benzene rings is 1. The first-order valence-corrected chi connectivity index (χ1v) is 6.02. The molecule has 0 bridgehead atoms. The average Bonchev–Trinajstić information content (AvgIpc) is 2.69. The predicted molar refractivity (Wildman–Crippen MR) is 70.0 cm³/mol. The highest BCUT2D eigenvalue weighted by Crippen LogP contribution is 2.12. The Balaban J connectivity index is 1.99. The van der Waals surface area contributed by atoms with Crippen LogP contribution >= 0.6 is 11.6 Å². The second-order valence-electron chi connectivity index (χ2n) is 4.09. The van der Waals surface area contributed by atoms with Crippen LogP contribution < -0.4 is 5.73 Å². The van der Waals surface area contributed by atoms with Gasteiger partial charge in [-0.2, -0.15) is 0 Å². The van der Waals surface area contributed by atoms with E-state index < -0.39 is 0 Å². The SMILES string of the molecule is Cn1cc(CCc2ccc(Cl)cc2)nc1CN. The molecular formula is C13H16ClN3. The van der Waals surface area contributed by atoms with Crippen molar-refractivity contribution in [3.63, 3.8) is 0 Å². The van der Waals surface area contributed by atoms with E-state index in [1.807, 2.05) is 29.9 Å². The van der Waals surface area contributed by atoms with Crippen LogP contribution in [0.1, 0.15) is 17.1 Å². The summed E-state index contributed by atoms with van der Waals surface area (Å²) >= 11 is 5.84. The lowest BCUT2D eigenvalue weighted by atomic mass is 10.1. The maximum Gasteiger partial charge on any atom is 0.122 e. The fraction of sp³-hybridized carbons (Fsp3) is 0.308. The van der Waals surface area contributed by atoms with Crippen LogP contribution in [0.4, 0.5) is 0 Å². The third-order valence-corrected chi connectivity index (χ3v) is 3.04. The summed E-state index contributed by atoms with van der Waals surface area (Å²) in [6.45, 7) is 0.484. The number of hydrogen-bond donors (Lipinski definition) is 1. The second-order valence-corrected chi connectivity index (χ2v) is 4.53. The summed E-state index contributed by atoms with van der Waals surface area (Å²) < 4.78 is 1.98. The largest absolute Gasteiger partial charge is 0.337 e. The Bertz CT molecular complexity index is 488. The van der Waals surface area contributed by atoms with Crippen molar-refractivity contribution >= 4 is 11.6 Å². The highest BCUT2D eigenvalue weighted by atomic mass is 35.5. The van der Waals surface area contributed by atoms with Crippen LogP contribution in [0.3, 0.4) is 0 Å². The van der Waals surface area contributed by atoms with Gasteiger partial charge < -0.3 is 10.3 Å². The molecule has 0 saturated heterocycles. The molecule has 4 heteroatoms. The molecule has 1 aromatic heterocycles. The second kappa shape index (κ2) is 5.34. The quantitative estimate of drug-likeness (QED) is 0.904. The van der Waals surface area contributed by atoms with E-state index in [1.54, 1.807) is 0 Å². The molecule has 2 N–H and O–H groups in total. The first-order valence-electron chi connectivity index (χ1n) is 5.64. The molecule has 3 nitrogen and oxygen atoms in total. The van der Waals surface area contributed by atoms with Crippen LogP contribution in [0.15, 0.2) is 30.5 Å². The van der Waals surface area contributed by atoms with Gasteiger partial charge in [0, 0.05) is 18.3 Å². The number of aromatic nitrogens is 2. The van der Waals surface area contributed by atoms with Gasteiger partial charge in [-0.1, -0.05) is 23.7 Å². The van der Waals surface area contributed by atoms with Gasteiger partial charge in [0.05, 0.1) is 12.2 Å². The maximum absolute atomic E-state index is 5.84. The molecule has 2 aromatic rings. The molecule has 0 radical (unpaired) electrons. The van der Waals surface area contributed by atoms with Crippen molar-refractivity contribution in [2.24, 2.45) is 12.8 Å². The van der Waals surface area contributed by atoms with Gasteiger partial charge in [-0.15, -0.1) is 0 Å². The molecule has 1 heterocycles. The number of nitrogens with zero attached hydrogens (tertiary/aromatic N) is 2. The fourth-order valence-electron chi connectivity index (χ4n) is 1.81. The summed E-state index contributed by atoms with van der Waals surface area (Å²) in [5, 5.41) is 0.775. The van der Waals surface area contributed by atoms with E-state index in [2.05, 4.69) is 17.1 Å². The minimum absolute atomic E-state index is 0.484. The maximum atomic E-state index is 5.84. The monoisotopic (exact) mass is 249 g/mol. The van der Waals surface area contributed by atoms with Crippen LogP contribution in [-0.2, 0) is 26.4 Å². The molecule has 0 amide bonds. The number of imidazole rings is 1. The summed E-state index contributed by atoms with van der Waals surface area (Å²) in [4.78, 5) is 4.47. The molecule has 0 spiro atoms. The summed E-state index contributed by atoms with van der Waals surface area (Å²) in [6.07, 6.45) is 3.94. The van der Waals surface area contributed by atoms with E-state index in [-0.39, 0.29) is 0 Å². The number of nitrogens with two attached hydrogens (primary N) is 1. The number of hydrogen-bond acceptors (Lipinski definition) is 2.